The van der Waals surface area contributed by atoms with Crippen molar-refractivity contribution in [3.05, 3.63) is 0 Å². The summed E-state index contributed by atoms with van der Waals surface area (Å²) in [6.07, 6.45) is 3.64. The first-order valence-electron chi connectivity index (χ1n) is 6.64. The van der Waals surface area contributed by atoms with E-state index >= 15 is 0 Å². The van der Waals surface area contributed by atoms with Crippen molar-refractivity contribution >= 4 is 0 Å². The third kappa shape index (κ3) is 6.02. The van der Waals surface area contributed by atoms with Gasteiger partial charge in [0.2, 0.25) is 0 Å². The first-order chi connectivity index (χ1) is 8.26. The fourth-order valence-electron chi connectivity index (χ4n) is 2.06. The third-order valence-electron chi connectivity index (χ3n) is 3.19. The molecule has 1 rings (SSSR count). The number of rotatable bonds is 7. The maximum atomic E-state index is 9.79. The number of hydrogen-bond donors (Lipinski definition) is 1. The van der Waals surface area contributed by atoms with Crippen molar-refractivity contribution in [2.45, 2.75) is 38.7 Å². The second kappa shape index (κ2) is 8.46. The minimum absolute atomic E-state index is 0.212. The van der Waals surface area contributed by atoms with Gasteiger partial charge in [-0.05, 0) is 32.4 Å². The van der Waals surface area contributed by atoms with E-state index in [2.05, 4.69) is 17.9 Å². The molecule has 1 unspecified atom stereocenters. The van der Waals surface area contributed by atoms with Crippen molar-refractivity contribution in [3.63, 3.8) is 0 Å². The molecule has 0 saturated carbocycles. The van der Waals surface area contributed by atoms with E-state index in [1.165, 1.54) is 0 Å². The van der Waals surface area contributed by atoms with E-state index in [9.17, 15) is 5.11 Å². The van der Waals surface area contributed by atoms with Gasteiger partial charge < -0.3 is 14.7 Å². The molecule has 1 fully saturated rings. The van der Waals surface area contributed by atoms with E-state index < -0.39 is 6.10 Å². The molecule has 0 bridgehead atoms. The molecule has 0 aromatic rings. The minimum atomic E-state index is -0.398. The van der Waals surface area contributed by atoms with Gasteiger partial charge in [0.05, 0.1) is 18.8 Å². The monoisotopic (exact) mass is 240 g/mol. The third-order valence-corrected chi connectivity index (χ3v) is 3.19. The summed E-state index contributed by atoms with van der Waals surface area (Å²) in [5, 5.41) is 18.6. The number of aliphatic hydroxyl groups excluding tert-OH is 1. The lowest BCUT2D eigenvalue weighted by atomic mass is 9.98. The highest BCUT2D eigenvalue weighted by Crippen LogP contribution is 2.15. The lowest BCUT2D eigenvalue weighted by Crippen LogP contribution is -2.40. The Morgan fingerprint density at radius 3 is 2.76 bits per heavy atom. The Morgan fingerprint density at radius 2 is 2.18 bits per heavy atom. The summed E-state index contributed by atoms with van der Waals surface area (Å²) in [5.41, 5.74) is 0. The second-order valence-electron chi connectivity index (χ2n) is 4.79. The van der Waals surface area contributed by atoms with Crippen LogP contribution in [0.5, 0.6) is 0 Å². The van der Waals surface area contributed by atoms with Crippen LogP contribution in [0.4, 0.5) is 0 Å². The first kappa shape index (κ1) is 14.4. The Bertz CT molecular complexity index is 232. The van der Waals surface area contributed by atoms with Gasteiger partial charge in [-0.1, -0.05) is 13.3 Å². The molecule has 0 spiro atoms. The van der Waals surface area contributed by atoms with Gasteiger partial charge in [-0.25, -0.2) is 0 Å². The number of unbranched alkanes of at least 4 members (excludes halogenated alkanes) is 1. The van der Waals surface area contributed by atoms with Crippen LogP contribution < -0.4 is 0 Å². The standard InChI is InChI=1S/C13H24N2O2/c1-2-3-8-17-11-13(16)10-15-6-4-12(9-14)5-7-15/h12-13,16H,2-8,10-11H2,1H3. The summed E-state index contributed by atoms with van der Waals surface area (Å²) in [6.45, 7) is 5.81. The molecule has 0 amide bonds. The first-order valence-corrected chi connectivity index (χ1v) is 6.64. The number of aliphatic hydroxyl groups is 1. The van der Waals surface area contributed by atoms with Crippen molar-refractivity contribution in [2.75, 3.05) is 32.8 Å². The number of nitrogens with zero attached hydrogens (tertiary/aromatic N) is 2. The summed E-state index contributed by atoms with van der Waals surface area (Å²) >= 11 is 0. The molecule has 1 aliphatic rings. The van der Waals surface area contributed by atoms with E-state index in [1.807, 2.05) is 0 Å². The summed E-state index contributed by atoms with van der Waals surface area (Å²) in [4.78, 5) is 2.22. The molecule has 0 aromatic carbocycles. The number of ether oxygens (including phenoxy) is 1. The van der Waals surface area contributed by atoms with Crippen LogP contribution in [0.15, 0.2) is 0 Å². The number of piperidine rings is 1. The molecule has 1 saturated heterocycles. The van der Waals surface area contributed by atoms with Gasteiger partial charge in [0.1, 0.15) is 0 Å². The zero-order valence-corrected chi connectivity index (χ0v) is 10.8. The average Bonchev–Trinajstić information content (AvgIpc) is 2.36. The molecule has 17 heavy (non-hydrogen) atoms. The van der Waals surface area contributed by atoms with Crippen LogP contribution in [0.25, 0.3) is 0 Å². The van der Waals surface area contributed by atoms with Gasteiger partial charge in [-0.15, -0.1) is 0 Å². The fourth-order valence-corrected chi connectivity index (χ4v) is 2.06. The van der Waals surface area contributed by atoms with Crippen LogP contribution in [-0.2, 0) is 4.74 Å². The number of likely N-dealkylation sites (tertiary alicyclic amines) is 1. The molecule has 0 aliphatic carbocycles. The molecule has 0 aromatic heterocycles. The molecule has 98 valence electrons. The zero-order chi connectivity index (χ0) is 12.5. The lowest BCUT2D eigenvalue weighted by molar-refractivity contribution is 0.0113. The topological polar surface area (TPSA) is 56.5 Å². The predicted molar refractivity (Wildman–Crippen MR) is 66.5 cm³/mol. The zero-order valence-electron chi connectivity index (χ0n) is 10.8. The van der Waals surface area contributed by atoms with Crippen LogP contribution in [0.2, 0.25) is 0 Å². The summed E-state index contributed by atoms with van der Waals surface area (Å²) in [7, 11) is 0. The van der Waals surface area contributed by atoms with E-state index in [0.717, 1.165) is 45.4 Å². The van der Waals surface area contributed by atoms with E-state index in [0.29, 0.717) is 13.2 Å². The van der Waals surface area contributed by atoms with Crippen molar-refractivity contribution in [1.29, 1.82) is 5.26 Å². The Morgan fingerprint density at radius 1 is 1.47 bits per heavy atom. The summed E-state index contributed by atoms with van der Waals surface area (Å²) in [6, 6.07) is 2.31. The van der Waals surface area contributed by atoms with Gasteiger partial charge in [0.25, 0.3) is 0 Å². The average molecular weight is 240 g/mol. The highest BCUT2D eigenvalue weighted by molar-refractivity contribution is 4.87. The second-order valence-corrected chi connectivity index (χ2v) is 4.79. The lowest BCUT2D eigenvalue weighted by Gasteiger charge is -2.30. The maximum Gasteiger partial charge on any atom is 0.0900 e. The Kier molecular flexibility index (Phi) is 7.18. The predicted octanol–water partition coefficient (Wildman–Crippen LogP) is 1.40. The van der Waals surface area contributed by atoms with Gasteiger partial charge >= 0.3 is 0 Å². The van der Waals surface area contributed by atoms with Crippen LogP contribution in [0.1, 0.15) is 32.6 Å². The summed E-state index contributed by atoms with van der Waals surface area (Å²) < 4.78 is 5.39. The largest absolute Gasteiger partial charge is 0.389 e. The Hall–Kier alpha value is -0.630. The highest BCUT2D eigenvalue weighted by atomic mass is 16.5. The normalized spacial score (nSPS) is 20.1. The van der Waals surface area contributed by atoms with E-state index in [-0.39, 0.29) is 5.92 Å². The van der Waals surface area contributed by atoms with Crippen molar-refractivity contribution in [3.8, 4) is 6.07 Å². The van der Waals surface area contributed by atoms with Gasteiger partial charge in [-0.2, -0.15) is 5.26 Å². The molecule has 1 N–H and O–H groups in total. The van der Waals surface area contributed by atoms with Crippen molar-refractivity contribution in [2.24, 2.45) is 5.92 Å². The minimum Gasteiger partial charge on any atom is -0.389 e. The molecule has 1 aliphatic heterocycles. The van der Waals surface area contributed by atoms with Crippen LogP contribution in [0, 0.1) is 17.2 Å². The SMILES string of the molecule is CCCCOCC(O)CN1CCC(C#N)CC1. The summed E-state index contributed by atoms with van der Waals surface area (Å²) in [5.74, 6) is 0.212. The molecule has 4 heteroatoms. The molecular formula is C13H24N2O2. The number of nitriles is 1. The quantitative estimate of drug-likeness (QED) is 0.683. The van der Waals surface area contributed by atoms with Gasteiger partial charge in [0, 0.05) is 19.1 Å². The fraction of sp³-hybridized carbons (Fsp3) is 0.923. The molecule has 4 nitrogen and oxygen atoms in total. The molecule has 1 heterocycles. The highest BCUT2D eigenvalue weighted by Gasteiger charge is 2.20. The van der Waals surface area contributed by atoms with Gasteiger partial charge in [0.15, 0.2) is 0 Å². The van der Waals surface area contributed by atoms with Gasteiger partial charge in [-0.3, -0.25) is 0 Å². The Balaban J connectivity index is 2.07. The number of hydrogen-bond acceptors (Lipinski definition) is 4. The van der Waals surface area contributed by atoms with Crippen molar-refractivity contribution < 1.29 is 9.84 Å². The van der Waals surface area contributed by atoms with Crippen LogP contribution >= 0.6 is 0 Å². The van der Waals surface area contributed by atoms with E-state index in [1.54, 1.807) is 0 Å². The Labute approximate surface area is 104 Å². The number of β-amino-alcohol motifs (C(OH)–C–C–N with tert-alkyl or cyclic N) is 1. The van der Waals surface area contributed by atoms with Crippen molar-refractivity contribution in [1.82, 2.24) is 4.90 Å². The molecular weight excluding hydrogens is 216 g/mol. The maximum absolute atomic E-state index is 9.79. The van der Waals surface area contributed by atoms with Crippen LogP contribution in [-0.4, -0.2) is 49.0 Å². The molecule has 0 radical (unpaired) electrons. The molecule has 1 atom stereocenters. The smallest absolute Gasteiger partial charge is 0.0900 e. The van der Waals surface area contributed by atoms with Crippen LogP contribution in [0.3, 0.4) is 0 Å². The van der Waals surface area contributed by atoms with E-state index in [4.69, 9.17) is 10.00 Å².